The number of nitrogens with one attached hydrogen (secondary N) is 1. The number of phenolic OH excluding ortho intramolecular Hbond substituents is 1. The molecule has 9 heteroatoms. The summed E-state index contributed by atoms with van der Waals surface area (Å²) in [7, 11) is 0. The van der Waals surface area contributed by atoms with Crippen LogP contribution >= 0.6 is 0 Å². The molecule has 176 valence electrons. The normalized spacial score (nSPS) is 10.6. The van der Waals surface area contributed by atoms with Gasteiger partial charge in [0.2, 0.25) is 11.8 Å². The summed E-state index contributed by atoms with van der Waals surface area (Å²) in [6.07, 6.45) is 5.64. The number of aromatic hydroxyl groups is 1. The van der Waals surface area contributed by atoms with Crippen molar-refractivity contribution in [1.29, 1.82) is 0 Å². The fraction of sp³-hybridized carbons (Fsp3) is 0.0769. The van der Waals surface area contributed by atoms with E-state index in [1.54, 1.807) is 17.0 Å². The number of hydrogen-bond donors (Lipinski definition) is 3. The van der Waals surface area contributed by atoms with Crippen LogP contribution < -0.4 is 16.0 Å². The maximum Gasteiger partial charge on any atom is 0.250 e. The molecule has 0 aliphatic heterocycles. The zero-order valence-corrected chi connectivity index (χ0v) is 18.9. The van der Waals surface area contributed by atoms with Crippen LogP contribution in [0.3, 0.4) is 0 Å². The van der Waals surface area contributed by atoms with Crippen molar-refractivity contribution in [3.05, 3.63) is 86.4 Å². The molecule has 9 nitrogen and oxygen atoms in total. The molecule has 4 rings (SSSR count). The van der Waals surface area contributed by atoms with Crippen LogP contribution in [0.1, 0.15) is 0 Å². The van der Waals surface area contributed by atoms with Gasteiger partial charge in [-0.1, -0.05) is 37.4 Å². The number of carbonyl (C=O) groups is 2. The first-order valence-electron chi connectivity index (χ1n) is 10.8. The second-order valence-corrected chi connectivity index (χ2v) is 7.65. The zero-order chi connectivity index (χ0) is 24.9. The molecule has 2 aromatic heterocycles. The third-order valence-corrected chi connectivity index (χ3v) is 5.51. The van der Waals surface area contributed by atoms with Crippen LogP contribution in [0, 0.1) is 0 Å². The molecule has 0 saturated carbocycles. The van der Waals surface area contributed by atoms with Crippen LogP contribution in [0.25, 0.3) is 22.2 Å². The molecular formula is C26H24N6O3. The first kappa shape index (κ1) is 23.2. The Balaban J connectivity index is 1.71. The highest BCUT2D eigenvalue weighted by atomic mass is 16.3. The number of hydrogen-bond acceptors (Lipinski definition) is 6. The number of amides is 2. The number of phenols is 1. The minimum absolute atomic E-state index is 0.110. The van der Waals surface area contributed by atoms with Crippen LogP contribution in [0.15, 0.2) is 86.4 Å². The number of para-hydroxylation sites is 1. The molecular weight excluding hydrogens is 444 g/mol. The molecule has 4 aromatic rings. The minimum Gasteiger partial charge on any atom is -0.506 e. The van der Waals surface area contributed by atoms with Crippen molar-refractivity contribution >= 4 is 40.0 Å². The van der Waals surface area contributed by atoms with Crippen LogP contribution in [0.4, 0.5) is 17.2 Å². The Morgan fingerprint density at radius 3 is 2.57 bits per heavy atom. The lowest BCUT2D eigenvalue weighted by atomic mass is 10.0. The van der Waals surface area contributed by atoms with Gasteiger partial charge in [0.25, 0.3) is 0 Å². The molecule has 0 bridgehead atoms. The Bertz CT molecular complexity index is 1430. The molecule has 0 unspecified atom stereocenters. The number of anilines is 3. The fourth-order valence-corrected chi connectivity index (χ4v) is 3.82. The average Bonchev–Trinajstić information content (AvgIpc) is 3.25. The Morgan fingerprint density at radius 2 is 1.89 bits per heavy atom. The van der Waals surface area contributed by atoms with Gasteiger partial charge in [0.05, 0.1) is 11.1 Å². The summed E-state index contributed by atoms with van der Waals surface area (Å²) in [5.74, 6) is -0.473. The van der Waals surface area contributed by atoms with E-state index in [2.05, 4.69) is 28.4 Å². The van der Waals surface area contributed by atoms with Crippen molar-refractivity contribution in [2.24, 2.45) is 0 Å². The molecule has 0 aliphatic carbocycles. The second kappa shape index (κ2) is 9.92. The van der Waals surface area contributed by atoms with E-state index in [4.69, 9.17) is 5.73 Å². The number of nitrogens with two attached hydrogens (primary N) is 1. The van der Waals surface area contributed by atoms with Gasteiger partial charge in [-0.05, 0) is 42.0 Å². The molecule has 0 fully saturated rings. The number of rotatable bonds is 8. The third kappa shape index (κ3) is 4.74. The monoisotopic (exact) mass is 468 g/mol. The standard InChI is InChI=1S/C26H24N6O3/c1-3-22(34)30-20-11-10-17(14-21(20)33)19-15-31(26-24(19)25(27)28-16-29-26)12-13-32(23(35)4-2)18-8-6-5-7-9-18/h3-11,14-16,33H,1-2,12-13H2,(H,30,34)(H2,27,28,29). The average molecular weight is 469 g/mol. The number of aromatic nitrogens is 3. The van der Waals surface area contributed by atoms with Gasteiger partial charge >= 0.3 is 0 Å². The highest BCUT2D eigenvalue weighted by Gasteiger charge is 2.18. The van der Waals surface area contributed by atoms with Gasteiger partial charge in [0.15, 0.2) is 0 Å². The minimum atomic E-state index is -0.431. The van der Waals surface area contributed by atoms with E-state index in [-0.39, 0.29) is 23.2 Å². The van der Waals surface area contributed by atoms with Gasteiger partial charge in [-0.3, -0.25) is 9.59 Å². The van der Waals surface area contributed by atoms with Gasteiger partial charge in [0, 0.05) is 30.5 Å². The van der Waals surface area contributed by atoms with Gasteiger partial charge in [0.1, 0.15) is 23.5 Å². The molecule has 35 heavy (non-hydrogen) atoms. The van der Waals surface area contributed by atoms with Crippen molar-refractivity contribution in [2.45, 2.75) is 6.54 Å². The van der Waals surface area contributed by atoms with Crippen molar-refractivity contribution in [2.75, 3.05) is 22.5 Å². The molecule has 0 aliphatic rings. The molecule has 2 amide bonds. The number of carbonyl (C=O) groups excluding carboxylic acids is 2. The van der Waals surface area contributed by atoms with Gasteiger partial charge < -0.3 is 25.6 Å². The van der Waals surface area contributed by atoms with Crippen molar-refractivity contribution < 1.29 is 14.7 Å². The SMILES string of the molecule is C=CC(=O)Nc1ccc(-c2cn(CCN(C(=O)C=C)c3ccccc3)c3ncnc(N)c23)cc1O. The van der Waals surface area contributed by atoms with Crippen LogP contribution in [0.2, 0.25) is 0 Å². The van der Waals surface area contributed by atoms with E-state index < -0.39 is 5.91 Å². The molecule has 0 radical (unpaired) electrons. The summed E-state index contributed by atoms with van der Waals surface area (Å²) in [5.41, 5.74) is 9.17. The molecule has 2 heterocycles. The lowest BCUT2D eigenvalue weighted by Gasteiger charge is -2.21. The quantitative estimate of drug-likeness (QED) is 0.267. The van der Waals surface area contributed by atoms with E-state index in [0.29, 0.717) is 35.2 Å². The molecule has 0 spiro atoms. The van der Waals surface area contributed by atoms with Crippen molar-refractivity contribution in [1.82, 2.24) is 14.5 Å². The van der Waals surface area contributed by atoms with Crippen LogP contribution in [0.5, 0.6) is 5.75 Å². The number of benzene rings is 2. The predicted octanol–water partition coefficient (Wildman–Crippen LogP) is 3.73. The smallest absolute Gasteiger partial charge is 0.250 e. The fourth-order valence-electron chi connectivity index (χ4n) is 3.82. The Morgan fingerprint density at radius 1 is 1.11 bits per heavy atom. The van der Waals surface area contributed by atoms with E-state index in [1.807, 2.05) is 41.1 Å². The number of fused-ring (bicyclic) bond motifs is 1. The zero-order valence-electron chi connectivity index (χ0n) is 18.9. The van der Waals surface area contributed by atoms with E-state index in [0.717, 1.165) is 11.8 Å². The maximum absolute atomic E-state index is 12.5. The molecule has 0 saturated heterocycles. The second-order valence-electron chi connectivity index (χ2n) is 7.65. The lowest BCUT2D eigenvalue weighted by molar-refractivity contribution is -0.114. The number of nitrogens with zero attached hydrogens (tertiary/aromatic N) is 4. The predicted molar refractivity (Wildman–Crippen MR) is 137 cm³/mol. The highest BCUT2D eigenvalue weighted by Crippen LogP contribution is 2.36. The summed E-state index contributed by atoms with van der Waals surface area (Å²) in [4.78, 5) is 34.3. The van der Waals surface area contributed by atoms with Gasteiger partial charge in [-0.2, -0.15) is 0 Å². The first-order valence-corrected chi connectivity index (χ1v) is 10.8. The first-order chi connectivity index (χ1) is 16.9. The summed E-state index contributed by atoms with van der Waals surface area (Å²) in [6.45, 7) is 7.80. The summed E-state index contributed by atoms with van der Waals surface area (Å²) >= 11 is 0. The van der Waals surface area contributed by atoms with Gasteiger partial charge in [-0.15, -0.1) is 0 Å². The molecule has 2 aromatic carbocycles. The van der Waals surface area contributed by atoms with Crippen molar-refractivity contribution in [3.8, 4) is 16.9 Å². The number of nitrogen functional groups attached to an aromatic ring is 1. The topological polar surface area (TPSA) is 126 Å². The maximum atomic E-state index is 12.5. The third-order valence-electron chi connectivity index (χ3n) is 5.51. The lowest BCUT2D eigenvalue weighted by Crippen LogP contribution is -2.32. The summed E-state index contributed by atoms with van der Waals surface area (Å²) in [6, 6.07) is 14.2. The van der Waals surface area contributed by atoms with E-state index in [1.165, 1.54) is 18.5 Å². The highest BCUT2D eigenvalue weighted by molar-refractivity contribution is 6.03. The summed E-state index contributed by atoms with van der Waals surface area (Å²) < 4.78 is 1.89. The Hall–Kier alpha value is -4.92. The van der Waals surface area contributed by atoms with Gasteiger partial charge in [-0.25, -0.2) is 9.97 Å². The van der Waals surface area contributed by atoms with Crippen molar-refractivity contribution in [3.63, 3.8) is 0 Å². The van der Waals surface area contributed by atoms with E-state index in [9.17, 15) is 14.7 Å². The summed E-state index contributed by atoms with van der Waals surface area (Å²) in [5, 5.41) is 13.6. The van der Waals surface area contributed by atoms with E-state index >= 15 is 0 Å². The van der Waals surface area contributed by atoms with Crippen LogP contribution in [-0.2, 0) is 16.1 Å². The largest absolute Gasteiger partial charge is 0.506 e. The van der Waals surface area contributed by atoms with Crippen LogP contribution in [-0.4, -0.2) is 38.0 Å². The Kier molecular flexibility index (Phi) is 6.59. The Labute approximate surface area is 201 Å². The molecule has 4 N–H and O–H groups in total. The molecule has 0 atom stereocenters.